The molecule has 1 unspecified atom stereocenters. The molecule has 1 aliphatic rings. The minimum absolute atomic E-state index is 0.129. The van der Waals surface area contributed by atoms with Gasteiger partial charge in [-0.15, -0.1) is 12.3 Å². The van der Waals surface area contributed by atoms with E-state index >= 15 is 0 Å². The maximum Gasteiger partial charge on any atom is 0.0694 e. The highest BCUT2D eigenvalue weighted by Crippen LogP contribution is 2.39. The second-order valence-electron chi connectivity index (χ2n) is 4.11. The molecule has 14 heavy (non-hydrogen) atoms. The highest BCUT2D eigenvalue weighted by molar-refractivity contribution is 4.97. The fourth-order valence-electron chi connectivity index (χ4n) is 2.16. The Morgan fingerprint density at radius 2 is 2.29 bits per heavy atom. The molecule has 0 heterocycles. The van der Waals surface area contributed by atoms with Gasteiger partial charge in [-0.2, -0.15) is 0 Å². The van der Waals surface area contributed by atoms with Crippen molar-refractivity contribution in [1.82, 2.24) is 5.32 Å². The minimum atomic E-state index is 0.129. The lowest BCUT2D eigenvalue weighted by Crippen LogP contribution is -2.45. The van der Waals surface area contributed by atoms with E-state index in [1.54, 1.807) is 0 Å². The summed E-state index contributed by atoms with van der Waals surface area (Å²) in [6, 6.07) is 0.422. The maximum absolute atomic E-state index is 5.59. The first kappa shape index (κ1) is 11.6. The molecule has 0 aromatic heterocycles. The highest BCUT2D eigenvalue weighted by Gasteiger charge is 2.38. The van der Waals surface area contributed by atoms with Gasteiger partial charge in [0.1, 0.15) is 0 Å². The predicted molar refractivity (Wildman–Crippen MR) is 59.1 cm³/mol. The van der Waals surface area contributed by atoms with Gasteiger partial charge < -0.3 is 10.1 Å². The standard InChI is InChI=1S/C12H21NO/c1-4-7-11(13-5-2)10-12(14-3)8-6-9-12/h1,11,13H,5-10H2,2-3H3. The summed E-state index contributed by atoms with van der Waals surface area (Å²) < 4.78 is 5.59. The SMILES string of the molecule is C#CCC(CC1(OC)CCC1)NCC. The zero-order valence-electron chi connectivity index (χ0n) is 9.31. The molecule has 1 atom stereocenters. The average Bonchev–Trinajstić information content (AvgIpc) is 2.12. The van der Waals surface area contributed by atoms with Crippen molar-refractivity contribution in [2.24, 2.45) is 0 Å². The Bertz CT molecular complexity index is 197. The van der Waals surface area contributed by atoms with Crippen molar-refractivity contribution in [2.75, 3.05) is 13.7 Å². The second kappa shape index (κ2) is 5.38. The summed E-state index contributed by atoms with van der Waals surface area (Å²) in [7, 11) is 1.82. The molecule has 0 amide bonds. The monoisotopic (exact) mass is 195 g/mol. The molecule has 80 valence electrons. The first-order valence-corrected chi connectivity index (χ1v) is 5.48. The van der Waals surface area contributed by atoms with E-state index in [0.717, 1.165) is 19.4 Å². The normalized spacial score (nSPS) is 20.9. The van der Waals surface area contributed by atoms with E-state index < -0.39 is 0 Å². The van der Waals surface area contributed by atoms with E-state index in [-0.39, 0.29) is 5.60 Å². The zero-order valence-corrected chi connectivity index (χ0v) is 9.31. The Labute approximate surface area is 87.4 Å². The Morgan fingerprint density at radius 3 is 2.64 bits per heavy atom. The molecule has 0 aromatic carbocycles. The third kappa shape index (κ3) is 2.73. The molecule has 1 aliphatic carbocycles. The number of methoxy groups -OCH3 is 1. The van der Waals surface area contributed by atoms with E-state index in [1.807, 2.05) is 7.11 Å². The van der Waals surface area contributed by atoms with Crippen molar-refractivity contribution < 1.29 is 4.74 Å². The summed E-state index contributed by atoms with van der Waals surface area (Å²) in [6.45, 7) is 3.09. The van der Waals surface area contributed by atoms with Gasteiger partial charge in [0.2, 0.25) is 0 Å². The fraction of sp³-hybridized carbons (Fsp3) is 0.833. The number of nitrogens with one attached hydrogen (secondary N) is 1. The Balaban J connectivity index is 2.41. The van der Waals surface area contributed by atoms with Crippen molar-refractivity contribution in [3.63, 3.8) is 0 Å². The van der Waals surface area contributed by atoms with Gasteiger partial charge in [0.25, 0.3) is 0 Å². The van der Waals surface area contributed by atoms with E-state index in [1.165, 1.54) is 19.3 Å². The smallest absolute Gasteiger partial charge is 0.0694 e. The van der Waals surface area contributed by atoms with Crippen LogP contribution in [0.15, 0.2) is 0 Å². The predicted octanol–water partition coefficient (Wildman–Crippen LogP) is 1.95. The van der Waals surface area contributed by atoms with Crippen LogP contribution in [0.4, 0.5) is 0 Å². The van der Waals surface area contributed by atoms with Crippen molar-refractivity contribution in [2.45, 2.75) is 50.7 Å². The molecule has 2 heteroatoms. The van der Waals surface area contributed by atoms with Crippen LogP contribution in [0.5, 0.6) is 0 Å². The molecule has 1 N–H and O–H groups in total. The van der Waals surface area contributed by atoms with E-state index in [4.69, 9.17) is 11.2 Å². The lowest BCUT2D eigenvalue weighted by Gasteiger charge is -2.42. The topological polar surface area (TPSA) is 21.3 Å². The van der Waals surface area contributed by atoms with E-state index in [2.05, 4.69) is 18.2 Å². The van der Waals surface area contributed by atoms with Crippen molar-refractivity contribution >= 4 is 0 Å². The van der Waals surface area contributed by atoms with E-state index in [9.17, 15) is 0 Å². The zero-order chi connectivity index (χ0) is 10.4. The summed E-state index contributed by atoms with van der Waals surface area (Å²) in [6.07, 6.45) is 10.9. The van der Waals surface area contributed by atoms with Gasteiger partial charge in [0, 0.05) is 19.6 Å². The van der Waals surface area contributed by atoms with Crippen LogP contribution in [-0.4, -0.2) is 25.3 Å². The molecule has 0 spiro atoms. The molecule has 0 saturated heterocycles. The van der Waals surface area contributed by atoms with Crippen molar-refractivity contribution in [1.29, 1.82) is 0 Å². The van der Waals surface area contributed by atoms with Crippen LogP contribution in [-0.2, 0) is 4.74 Å². The number of ether oxygens (including phenoxy) is 1. The van der Waals surface area contributed by atoms with Crippen LogP contribution in [0.2, 0.25) is 0 Å². The summed E-state index contributed by atoms with van der Waals surface area (Å²) in [5.74, 6) is 2.73. The van der Waals surface area contributed by atoms with Gasteiger partial charge >= 0.3 is 0 Å². The van der Waals surface area contributed by atoms with Crippen LogP contribution in [0, 0.1) is 12.3 Å². The fourth-order valence-corrected chi connectivity index (χ4v) is 2.16. The molecule has 1 rings (SSSR count). The maximum atomic E-state index is 5.59. The average molecular weight is 195 g/mol. The molecule has 1 saturated carbocycles. The van der Waals surface area contributed by atoms with Crippen LogP contribution >= 0.6 is 0 Å². The minimum Gasteiger partial charge on any atom is -0.378 e. The molecule has 1 fully saturated rings. The first-order chi connectivity index (χ1) is 6.76. The number of hydrogen-bond donors (Lipinski definition) is 1. The number of hydrogen-bond acceptors (Lipinski definition) is 2. The van der Waals surface area contributed by atoms with Crippen molar-refractivity contribution in [3.05, 3.63) is 0 Å². The molecule has 0 radical (unpaired) electrons. The third-order valence-corrected chi connectivity index (χ3v) is 3.17. The quantitative estimate of drug-likeness (QED) is 0.654. The molecular weight excluding hydrogens is 174 g/mol. The first-order valence-electron chi connectivity index (χ1n) is 5.48. The van der Waals surface area contributed by atoms with Crippen molar-refractivity contribution in [3.8, 4) is 12.3 Å². The van der Waals surface area contributed by atoms with Crippen LogP contribution in [0.1, 0.15) is 39.0 Å². The van der Waals surface area contributed by atoms with Crippen LogP contribution < -0.4 is 5.32 Å². The molecule has 0 aromatic rings. The summed E-state index contributed by atoms with van der Waals surface area (Å²) in [4.78, 5) is 0. The van der Waals surface area contributed by atoms with Gasteiger partial charge in [-0.3, -0.25) is 0 Å². The van der Waals surface area contributed by atoms with E-state index in [0.29, 0.717) is 6.04 Å². The number of terminal acetylenes is 1. The molecule has 0 aliphatic heterocycles. The molecular formula is C12H21NO. The molecule has 0 bridgehead atoms. The lowest BCUT2D eigenvalue weighted by molar-refractivity contribution is -0.0830. The van der Waals surface area contributed by atoms with Gasteiger partial charge in [-0.05, 0) is 32.2 Å². The summed E-state index contributed by atoms with van der Waals surface area (Å²) in [5.41, 5.74) is 0.129. The summed E-state index contributed by atoms with van der Waals surface area (Å²) >= 11 is 0. The number of rotatable bonds is 6. The largest absolute Gasteiger partial charge is 0.378 e. The van der Waals surface area contributed by atoms with Gasteiger partial charge in [-0.25, -0.2) is 0 Å². The highest BCUT2D eigenvalue weighted by atomic mass is 16.5. The Morgan fingerprint density at radius 1 is 1.57 bits per heavy atom. The molecule has 2 nitrogen and oxygen atoms in total. The lowest BCUT2D eigenvalue weighted by atomic mass is 9.75. The van der Waals surface area contributed by atoms with Crippen LogP contribution in [0.25, 0.3) is 0 Å². The van der Waals surface area contributed by atoms with Gasteiger partial charge in [0.15, 0.2) is 0 Å². The van der Waals surface area contributed by atoms with Gasteiger partial charge in [0.05, 0.1) is 5.60 Å². The Hall–Kier alpha value is -0.520. The summed E-state index contributed by atoms with van der Waals surface area (Å²) in [5, 5.41) is 3.42. The third-order valence-electron chi connectivity index (χ3n) is 3.17. The van der Waals surface area contributed by atoms with Gasteiger partial charge in [-0.1, -0.05) is 6.92 Å². The Kier molecular flexibility index (Phi) is 4.44. The van der Waals surface area contributed by atoms with Crippen LogP contribution in [0.3, 0.4) is 0 Å². The second-order valence-corrected chi connectivity index (χ2v) is 4.11.